The van der Waals surface area contributed by atoms with E-state index in [9.17, 15) is 4.79 Å². The van der Waals surface area contributed by atoms with E-state index in [1.54, 1.807) is 24.7 Å². The molecule has 6 heteroatoms. The van der Waals surface area contributed by atoms with E-state index in [0.29, 0.717) is 12.2 Å². The van der Waals surface area contributed by atoms with Gasteiger partial charge in [-0.05, 0) is 54.1 Å². The summed E-state index contributed by atoms with van der Waals surface area (Å²) in [5, 5.41) is 6.07. The van der Waals surface area contributed by atoms with E-state index in [1.165, 1.54) is 0 Å². The Balaban J connectivity index is 1.59. The van der Waals surface area contributed by atoms with Crippen LogP contribution < -0.4 is 10.6 Å². The van der Waals surface area contributed by atoms with Crippen molar-refractivity contribution in [3.63, 3.8) is 0 Å². The predicted molar refractivity (Wildman–Crippen MR) is 97.9 cm³/mol. The fourth-order valence-corrected chi connectivity index (χ4v) is 2.33. The van der Waals surface area contributed by atoms with Gasteiger partial charge in [0.05, 0.1) is 11.9 Å². The minimum absolute atomic E-state index is 0.238. The monoisotopic (exact) mass is 382 g/mol. The lowest BCUT2D eigenvalue weighted by atomic mass is 10.2. The van der Waals surface area contributed by atoms with Crippen molar-refractivity contribution in [3.8, 4) is 0 Å². The number of anilines is 2. The Labute approximate surface area is 148 Å². The zero-order valence-electron chi connectivity index (χ0n) is 12.7. The Morgan fingerprint density at radius 3 is 2.33 bits per heavy atom. The highest BCUT2D eigenvalue weighted by atomic mass is 79.9. The van der Waals surface area contributed by atoms with Crippen LogP contribution in [-0.2, 0) is 6.54 Å². The first kappa shape index (κ1) is 16.1. The van der Waals surface area contributed by atoms with Crippen molar-refractivity contribution < 1.29 is 4.79 Å². The molecule has 120 valence electrons. The van der Waals surface area contributed by atoms with Gasteiger partial charge in [-0.15, -0.1) is 0 Å². The molecule has 0 atom stereocenters. The number of aromatic nitrogens is 2. The summed E-state index contributed by atoms with van der Waals surface area (Å²) in [6.07, 6.45) is 5.16. The molecule has 2 aromatic heterocycles. The quantitative estimate of drug-likeness (QED) is 0.696. The lowest BCUT2D eigenvalue weighted by Gasteiger charge is -2.08. The Bertz CT molecular complexity index is 805. The standard InChI is InChI=1S/C18H15BrN4O/c19-14-1-3-15(4-2-14)23-18(24)17-6-5-16(12-22-17)21-11-13-7-9-20-10-8-13/h1-10,12,21H,11H2,(H,23,24). The number of carbonyl (C=O) groups excluding carboxylic acids is 1. The minimum atomic E-state index is -0.238. The lowest BCUT2D eigenvalue weighted by Crippen LogP contribution is -2.13. The summed E-state index contributed by atoms with van der Waals surface area (Å²) in [6, 6.07) is 14.8. The third-order valence-corrected chi connectivity index (χ3v) is 3.87. The van der Waals surface area contributed by atoms with Crippen LogP contribution >= 0.6 is 15.9 Å². The number of amides is 1. The average molecular weight is 383 g/mol. The second-order valence-electron chi connectivity index (χ2n) is 5.10. The van der Waals surface area contributed by atoms with Crippen LogP contribution in [-0.4, -0.2) is 15.9 Å². The van der Waals surface area contributed by atoms with Gasteiger partial charge in [0.25, 0.3) is 5.91 Å². The number of rotatable bonds is 5. The van der Waals surface area contributed by atoms with E-state index in [2.05, 4.69) is 36.5 Å². The van der Waals surface area contributed by atoms with E-state index in [1.807, 2.05) is 42.5 Å². The van der Waals surface area contributed by atoms with E-state index in [-0.39, 0.29) is 5.91 Å². The summed E-state index contributed by atoms with van der Waals surface area (Å²) >= 11 is 3.36. The molecule has 0 radical (unpaired) electrons. The maximum absolute atomic E-state index is 12.2. The fraction of sp³-hybridized carbons (Fsp3) is 0.0556. The first-order chi connectivity index (χ1) is 11.7. The third-order valence-electron chi connectivity index (χ3n) is 3.34. The maximum Gasteiger partial charge on any atom is 0.274 e. The van der Waals surface area contributed by atoms with Crippen LogP contribution in [0, 0.1) is 0 Å². The van der Waals surface area contributed by atoms with Crippen molar-refractivity contribution in [2.24, 2.45) is 0 Å². The van der Waals surface area contributed by atoms with Crippen molar-refractivity contribution in [1.29, 1.82) is 0 Å². The van der Waals surface area contributed by atoms with E-state index in [0.717, 1.165) is 21.4 Å². The van der Waals surface area contributed by atoms with Crippen LogP contribution in [0.5, 0.6) is 0 Å². The van der Waals surface area contributed by atoms with Crippen molar-refractivity contribution >= 4 is 33.2 Å². The highest BCUT2D eigenvalue weighted by Gasteiger charge is 2.07. The molecule has 0 bridgehead atoms. The van der Waals surface area contributed by atoms with Crippen LogP contribution in [0.15, 0.2) is 71.6 Å². The molecule has 0 unspecified atom stereocenters. The normalized spacial score (nSPS) is 10.2. The van der Waals surface area contributed by atoms with Gasteiger partial charge in [-0.2, -0.15) is 0 Å². The fourth-order valence-electron chi connectivity index (χ4n) is 2.07. The summed E-state index contributed by atoms with van der Waals surface area (Å²) in [7, 11) is 0. The zero-order valence-corrected chi connectivity index (χ0v) is 14.3. The molecule has 0 saturated carbocycles. The summed E-state index contributed by atoms with van der Waals surface area (Å²) in [4.78, 5) is 20.4. The Hall–Kier alpha value is -2.73. The van der Waals surface area contributed by atoms with Gasteiger partial charge in [0, 0.05) is 29.1 Å². The number of nitrogens with zero attached hydrogens (tertiary/aromatic N) is 2. The molecule has 1 aromatic carbocycles. The van der Waals surface area contributed by atoms with Gasteiger partial charge < -0.3 is 10.6 Å². The summed E-state index contributed by atoms with van der Waals surface area (Å²) < 4.78 is 0.961. The highest BCUT2D eigenvalue weighted by Crippen LogP contribution is 2.15. The molecule has 0 fully saturated rings. The van der Waals surface area contributed by atoms with Crippen molar-refractivity contribution in [1.82, 2.24) is 9.97 Å². The molecule has 0 saturated heterocycles. The van der Waals surface area contributed by atoms with Gasteiger partial charge >= 0.3 is 0 Å². The van der Waals surface area contributed by atoms with E-state index < -0.39 is 0 Å². The molecule has 0 aliphatic rings. The first-order valence-electron chi connectivity index (χ1n) is 7.36. The largest absolute Gasteiger partial charge is 0.380 e. The van der Waals surface area contributed by atoms with Gasteiger partial charge in [-0.25, -0.2) is 4.98 Å². The Morgan fingerprint density at radius 1 is 0.958 bits per heavy atom. The van der Waals surface area contributed by atoms with Gasteiger partial charge in [-0.3, -0.25) is 9.78 Å². The second kappa shape index (κ2) is 7.70. The molecular weight excluding hydrogens is 368 g/mol. The Morgan fingerprint density at radius 2 is 1.67 bits per heavy atom. The molecule has 2 heterocycles. The number of pyridine rings is 2. The smallest absolute Gasteiger partial charge is 0.274 e. The van der Waals surface area contributed by atoms with Gasteiger partial charge in [0.15, 0.2) is 0 Å². The summed E-state index contributed by atoms with van der Waals surface area (Å²) in [5.41, 5.74) is 3.08. The van der Waals surface area contributed by atoms with Crippen molar-refractivity contribution in [2.75, 3.05) is 10.6 Å². The van der Waals surface area contributed by atoms with Crippen LogP contribution in [0.4, 0.5) is 11.4 Å². The molecule has 1 amide bonds. The number of benzene rings is 1. The van der Waals surface area contributed by atoms with Gasteiger partial charge in [-0.1, -0.05) is 15.9 Å². The number of carbonyl (C=O) groups is 1. The molecule has 0 aliphatic carbocycles. The number of halogens is 1. The third kappa shape index (κ3) is 4.39. The maximum atomic E-state index is 12.2. The summed E-state index contributed by atoms with van der Waals surface area (Å²) in [5.74, 6) is -0.238. The minimum Gasteiger partial charge on any atom is -0.380 e. The molecular formula is C18H15BrN4O. The molecule has 3 rings (SSSR count). The predicted octanol–water partition coefficient (Wildman–Crippen LogP) is 4.10. The van der Waals surface area contributed by atoms with Gasteiger partial charge in [0.2, 0.25) is 0 Å². The topological polar surface area (TPSA) is 66.9 Å². The SMILES string of the molecule is O=C(Nc1ccc(Br)cc1)c1ccc(NCc2ccncc2)cn1. The second-order valence-corrected chi connectivity index (χ2v) is 6.02. The highest BCUT2D eigenvalue weighted by molar-refractivity contribution is 9.10. The zero-order chi connectivity index (χ0) is 16.8. The lowest BCUT2D eigenvalue weighted by molar-refractivity contribution is 0.102. The molecule has 0 aliphatic heterocycles. The van der Waals surface area contributed by atoms with Crippen LogP contribution in [0.25, 0.3) is 0 Å². The number of nitrogens with one attached hydrogen (secondary N) is 2. The van der Waals surface area contributed by atoms with Gasteiger partial charge in [0.1, 0.15) is 5.69 Å². The van der Waals surface area contributed by atoms with E-state index >= 15 is 0 Å². The Kier molecular flexibility index (Phi) is 5.18. The van der Waals surface area contributed by atoms with Crippen LogP contribution in [0.2, 0.25) is 0 Å². The van der Waals surface area contributed by atoms with Crippen LogP contribution in [0.1, 0.15) is 16.1 Å². The number of hydrogen-bond donors (Lipinski definition) is 2. The van der Waals surface area contributed by atoms with Crippen molar-refractivity contribution in [2.45, 2.75) is 6.54 Å². The molecule has 24 heavy (non-hydrogen) atoms. The molecule has 0 spiro atoms. The van der Waals surface area contributed by atoms with Crippen LogP contribution in [0.3, 0.4) is 0 Å². The number of hydrogen-bond acceptors (Lipinski definition) is 4. The molecule has 5 nitrogen and oxygen atoms in total. The molecule has 3 aromatic rings. The summed E-state index contributed by atoms with van der Waals surface area (Å²) in [6.45, 7) is 0.675. The average Bonchev–Trinajstić information content (AvgIpc) is 2.63. The molecule has 2 N–H and O–H groups in total. The first-order valence-corrected chi connectivity index (χ1v) is 8.16. The van der Waals surface area contributed by atoms with Crippen molar-refractivity contribution in [3.05, 3.63) is 82.9 Å². The van der Waals surface area contributed by atoms with E-state index in [4.69, 9.17) is 0 Å².